The molecule has 2 rings (SSSR count). The van der Waals surface area contributed by atoms with Crippen molar-refractivity contribution in [3.05, 3.63) is 23.8 Å². The smallest absolute Gasteiger partial charge is 0.243 e. The van der Waals surface area contributed by atoms with Crippen molar-refractivity contribution in [2.24, 2.45) is 0 Å². The van der Waals surface area contributed by atoms with E-state index in [4.69, 9.17) is 5.73 Å². The van der Waals surface area contributed by atoms with Crippen LogP contribution in [-0.2, 0) is 10.0 Å². The Morgan fingerprint density at radius 2 is 2.05 bits per heavy atom. The van der Waals surface area contributed by atoms with Gasteiger partial charge in [0.25, 0.3) is 0 Å². The zero-order chi connectivity index (χ0) is 14.9. The van der Waals surface area contributed by atoms with Crippen LogP contribution in [0.3, 0.4) is 0 Å². The summed E-state index contributed by atoms with van der Waals surface area (Å²) in [6, 6.07) is 5.25. The van der Waals surface area contributed by atoms with Crippen molar-refractivity contribution in [2.45, 2.75) is 31.2 Å². The van der Waals surface area contributed by atoms with Gasteiger partial charge < -0.3 is 10.6 Å². The summed E-state index contributed by atoms with van der Waals surface area (Å²) < 4.78 is 27.1. The lowest BCUT2D eigenvalue weighted by Gasteiger charge is -2.38. The van der Waals surface area contributed by atoms with Crippen molar-refractivity contribution in [1.82, 2.24) is 9.21 Å². The molecule has 0 saturated carbocycles. The van der Waals surface area contributed by atoms with E-state index in [0.29, 0.717) is 29.2 Å². The van der Waals surface area contributed by atoms with Gasteiger partial charge in [-0.1, -0.05) is 6.92 Å². The zero-order valence-electron chi connectivity index (χ0n) is 12.3. The summed E-state index contributed by atoms with van der Waals surface area (Å²) in [5.74, 6) is 0. The van der Waals surface area contributed by atoms with Crippen LogP contribution >= 0.6 is 0 Å². The molecule has 1 aliphatic heterocycles. The first-order chi connectivity index (χ1) is 9.36. The molecule has 1 atom stereocenters. The average molecular weight is 297 g/mol. The number of nitrogen functional groups attached to an aromatic ring is 1. The van der Waals surface area contributed by atoms with Gasteiger partial charge >= 0.3 is 0 Å². The summed E-state index contributed by atoms with van der Waals surface area (Å²) >= 11 is 0. The molecule has 0 aromatic heterocycles. The monoisotopic (exact) mass is 297 g/mol. The molecular weight excluding hydrogens is 274 g/mol. The minimum Gasteiger partial charge on any atom is -0.399 e. The van der Waals surface area contributed by atoms with Gasteiger partial charge in [0.15, 0.2) is 0 Å². The predicted octanol–water partition coefficient (Wildman–Crippen LogP) is 1.29. The lowest BCUT2D eigenvalue weighted by molar-refractivity contribution is 0.144. The van der Waals surface area contributed by atoms with Crippen molar-refractivity contribution < 1.29 is 8.42 Å². The molecule has 1 aliphatic rings. The lowest BCUT2D eigenvalue weighted by atomic mass is 10.1. The van der Waals surface area contributed by atoms with Gasteiger partial charge in [0.1, 0.15) is 0 Å². The highest BCUT2D eigenvalue weighted by Crippen LogP contribution is 2.24. The van der Waals surface area contributed by atoms with Gasteiger partial charge in [-0.2, -0.15) is 4.31 Å². The van der Waals surface area contributed by atoms with Gasteiger partial charge in [-0.25, -0.2) is 8.42 Å². The van der Waals surface area contributed by atoms with E-state index in [0.717, 1.165) is 13.0 Å². The van der Waals surface area contributed by atoms with Gasteiger partial charge in [0, 0.05) is 31.4 Å². The number of likely N-dealkylation sites (N-methyl/N-ethyl adjacent to an activating group) is 1. The lowest BCUT2D eigenvalue weighted by Crippen LogP contribution is -2.52. The first kappa shape index (κ1) is 15.3. The fraction of sp³-hybridized carbons (Fsp3) is 0.571. The molecule has 1 aromatic carbocycles. The summed E-state index contributed by atoms with van der Waals surface area (Å²) in [4.78, 5) is 2.59. The van der Waals surface area contributed by atoms with Crippen LogP contribution in [0.2, 0.25) is 0 Å². The zero-order valence-corrected chi connectivity index (χ0v) is 13.2. The second kappa shape index (κ2) is 5.71. The Labute approximate surface area is 121 Å². The van der Waals surface area contributed by atoms with Gasteiger partial charge in [-0.3, -0.25) is 0 Å². The Morgan fingerprint density at radius 3 is 2.65 bits per heavy atom. The third-order valence-corrected chi connectivity index (χ3v) is 6.05. The van der Waals surface area contributed by atoms with Crippen LogP contribution in [0.4, 0.5) is 5.69 Å². The maximum absolute atomic E-state index is 12.8. The van der Waals surface area contributed by atoms with Crippen LogP contribution in [-0.4, -0.2) is 50.3 Å². The van der Waals surface area contributed by atoms with Crippen LogP contribution in [0.5, 0.6) is 0 Å². The van der Waals surface area contributed by atoms with Crippen LogP contribution < -0.4 is 5.73 Å². The maximum Gasteiger partial charge on any atom is 0.243 e. The van der Waals surface area contributed by atoms with E-state index in [9.17, 15) is 8.42 Å². The second-order valence-electron chi connectivity index (χ2n) is 5.43. The molecule has 0 radical (unpaired) electrons. The number of piperazine rings is 1. The standard InChI is InChI=1S/C14H23N3O2S/c1-4-13-10-17(8-7-16(13)3)20(18,19)14-6-5-12(15)9-11(14)2/h5-6,9,13H,4,7-8,10,15H2,1-3H3. The minimum absolute atomic E-state index is 0.285. The Kier molecular flexibility index (Phi) is 4.36. The molecule has 6 heteroatoms. The molecule has 0 aliphatic carbocycles. The Balaban J connectivity index is 2.31. The average Bonchev–Trinajstić information content (AvgIpc) is 2.38. The number of aryl methyl sites for hydroxylation is 1. The Morgan fingerprint density at radius 1 is 1.35 bits per heavy atom. The first-order valence-corrected chi connectivity index (χ1v) is 8.36. The number of hydrogen-bond donors (Lipinski definition) is 1. The topological polar surface area (TPSA) is 66.6 Å². The van der Waals surface area contributed by atoms with Gasteiger partial charge in [0.05, 0.1) is 4.90 Å². The molecule has 112 valence electrons. The van der Waals surface area contributed by atoms with Crippen molar-refractivity contribution in [3.8, 4) is 0 Å². The maximum atomic E-state index is 12.8. The molecule has 0 amide bonds. The summed E-state index contributed by atoms with van der Waals surface area (Å²) in [6.45, 7) is 5.74. The predicted molar refractivity (Wildman–Crippen MR) is 81.1 cm³/mol. The summed E-state index contributed by atoms with van der Waals surface area (Å²) in [5, 5.41) is 0. The summed E-state index contributed by atoms with van der Waals surface area (Å²) in [7, 11) is -1.38. The number of anilines is 1. The van der Waals surface area contributed by atoms with E-state index in [1.54, 1.807) is 29.4 Å². The van der Waals surface area contributed by atoms with Crippen LogP contribution in [0, 0.1) is 6.92 Å². The van der Waals surface area contributed by atoms with Gasteiger partial charge in [-0.15, -0.1) is 0 Å². The number of benzene rings is 1. The van der Waals surface area contributed by atoms with E-state index in [1.165, 1.54) is 0 Å². The van der Waals surface area contributed by atoms with E-state index in [2.05, 4.69) is 11.8 Å². The number of hydrogen-bond acceptors (Lipinski definition) is 4. The highest BCUT2D eigenvalue weighted by Gasteiger charge is 2.32. The molecule has 2 N–H and O–H groups in total. The molecule has 1 aromatic rings. The van der Waals surface area contributed by atoms with Crippen molar-refractivity contribution >= 4 is 15.7 Å². The van der Waals surface area contributed by atoms with Crippen LogP contribution in [0.15, 0.2) is 23.1 Å². The van der Waals surface area contributed by atoms with Gasteiger partial charge in [0.2, 0.25) is 10.0 Å². The fourth-order valence-electron chi connectivity index (χ4n) is 2.68. The van der Waals surface area contributed by atoms with Crippen molar-refractivity contribution in [3.63, 3.8) is 0 Å². The molecule has 0 spiro atoms. The second-order valence-corrected chi connectivity index (χ2v) is 7.34. The first-order valence-electron chi connectivity index (χ1n) is 6.92. The quantitative estimate of drug-likeness (QED) is 0.854. The highest BCUT2D eigenvalue weighted by atomic mass is 32.2. The van der Waals surface area contributed by atoms with Crippen molar-refractivity contribution in [1.29, 1.82) is 0 Å². The molecule has 1 heterocycles. The molecular formula is C14H23N3O2S. The van der Waals surface area contributed by atoms with E-state index in [1.807, 2.05) is 7.05 Å². The Hall–Kier alpha value is -1.11. The van der Waals surface area contributed by atoms with E-state index in [-0.39, 0.29) is 6.04 Å². The fourth-order valence-corrected chi connectivity index (χ4v) is 4.35. The van der Waals surface area contributed by atoms with E-state index < -0.39 is 10.0 Å². The van der Waals surface area contributed by atoms with Crippen LogP contribution in [0.25, 0.3) is 0 Å². The normalized spacial score (nSPS) is 22.1. The number of nitrogens with two attached hydrogens (primary N) is 1. The molecule has 0 bridgehead atoms. The molecule has 20 heavy (non-hydrogen) atoms. The number of sulfonamides is 1. The molecule has 1 saturated heterocycles. The molecule has 5 nitrogen and oxygen atoms in total. The number of nitrogens with zero attached hydrogens (tertiary/aromatic N) is 2. The minimum atomic E-state index is -3.42. The summed E-state index contributed by atoms with van der Waals surface area (Å²) in [6.07, 6.45) is 0.948. The van der Waals surface area contributed by atoms with E-state index >= 15 is 0 Å². The third kappa shape index (κ3) is 2.82. The Bertz CT molecular complexity index is 586. The SMILES string of the molecule is CCC1CN(S(=O)(=O)c2ccc(N)cc2C)CCN1C. The van der Waals surface area contributed by atoms with Crippen LogP contribution in [0.1, 0.15) is 18.9 Å². The summed E-state index contributed by atoms with van der Waals surface area (Å²) in [5.41, 5.74) is 6.99. The molecule has 1 fully saturated rings. The largest absolute Gasteiger partial charge is 0.399 e. The molecule has 1 unspecified atom stereocenters. The highest BCUT2D eigenvalue weighted by molar-refractivity contribution is 7.89. The number of rotatable bonds is 3. The third-order valence-electron chi connectivity index (χ3n) is 4.03. The van der Waals surface area contributed by atoms with Crippen molar-refractivity contribution in [2.75, 3.05) is 32.4 Å². The van der Waals surface area contributed by atoms with Gasteiger partial charge in [-0.05, 0) is 44.2 Å².